The molecule has 0 saturated heterocycles. The van der Waals surface area contributed by atoms with E-state index in [0.29, 0.717) is 24.7 Å². The summed E-state index contributed by atoms with van der Waals surface area (Å²) in [6.45, 7) is 1.91. The zero-order valence-electron chi connectivity index (χ0n) is 12.3. The van der Waals surface area contributed by atoms with Crippen molar-refractivity contribution in [3.8, 4) is 0 Å². The van der Waals surface area contributed by atoms with Crippen LogP contribution in [0.5, 0.6) is 0 Å². The third-order valence-electron chi connectivity index (χ3n) is 4.69. The van der Waals surface area contributed by atoms with Crippen LogP contribution in [0, 0.1) is 5.92 Å². The van der Waals surface area contributed by atoms with Gasteiger partial charge in [-0.1, -0.05) is 19.3 Å². The van der Waals surface area contributed by atoms with Gasteiger partial charge in [0.25, 0.3) is 5.91 Å². The number of aromatic amines is 1. The van der Waals surface area contributed by atoms with Crippen molar-refractivity contribution in [1.29, 1.82) is 0 Å². The van der Waals surface area contributed by atoms with Gasteiger partial charge in [0.1, 0.15) is 0 Å². The zero-order valence-corrected chi connectivity index (χ0v) is 12.3. The van der Waals surface area contributed by atoms with Gasteiger partial charge >= 0.3 is 0 Å². The van der Waals surface area contributed by atoms with Gasteiger partial charge in [0.05, 0.1) is 6.10 Å². The first-order chi connectivity index (χ1) is 10.3. The second-order valence-electron chi connectivity index (χ2n) is 6.13. The average Bonchev–Trinajstić information content (AvgIpc) is 2.97. The molecule has 1 atom stereocenters. The summed E-state index contributed by atoms with van der Waals surface area (Å²) in [5.41, 5.74) is 2.48. The molecule has 1 aromatic heterocycles. The first-order valence-corrected chi connectivity index (χ1v) is 7.99. The summed E-state index contributed by atoms with van der Waals surface area (Å²) >= 11 is 0. The Kier molecular flexibility index (Phi) is 4.55. The monoisotopic (exact) mass is 292 g/mol. The Balaban J connectivity index is 1.55. The molecule has 0 aromatic carbocycles. The van der Waals surface area contributed by atoms with Gasteiger partial charge in [-0.15, -0.1) is 0 Å². The van der Waals surface area contributed by atoms with Crippen LogP contribution < -0.4 is 10.6 Å². The maximum absolute atomic E-state index is 12.2. The lowest BCUT2D eigenvalue weighted by atomic mass is 9.85. The van der Waals surface area contributed by atoms with Gasteiger partial charge in [-0.05, 0) is 18.8 Å². The van der Waals surface area contributed by atoms with E-state index in [1.54, 1.807) is 0 Å². The van der Waals surface area contributed by atoms with Crippen LogP contribution in [0.4, 0.5) is 0 Å². The van der Waals surface area contributed by atoms with Crippen molar-refractivity contribution in [2.45, 2.75) is 51.2 Å². The number of hydrogen-bond acceptors (Lipinski definition) is 4. The molecular formula is C15H24N4O2. The van der Waals surface area contributed by atoms with Crippen molar-refractivity contribution in [1.82, 2.24) is 20.8 Å². The SMILES string of the molecule is O=C(NCC(O)C1CCCCC1)c1n[nH]c2c1CNCC2. The highest BCUT2D eigenvalue weighted by atomic mass is 16.3. The van der Waals surface area contributed by atoms with Crippen LogP contribution in [0.15, 0.2) is 0 Å². The number of nitrogens with one attached hydrogen (secondary N) is 3. The predicted octanol–water partition coefficient (Wildman–Crippen LogP) is 0.726. The molecule has 21 heavy (non-hydrogen) atoms. The van der Waals surface area contributed by atoms with Gasteiger partial charge in [-0.25, -0.2) is 0 Å². The molecule has 2 aliphatic rings. The Bertz CT molecular complexity index is 494. The number of aromatic nitrogens is 2. The lowest BCUT2D eigenvalue weighted by Crippen LogP contribution is -2.37. The van der Waals surface area contributed by atoms with E-state index >= 15 is 0 Å². The van der Waals surface area contributed by atoms with Gasteiger partial charge in [0.2, 0.25) is 0 Å². The first kappa shape index (κ1) is 14.5. The van der Waals surface area contributed by atoms with Crippen molar-refractivity contribution in [2.75, 3.05) is 13.1 Å². The molecule has 1 aliphatic carbocycles. The molecule has 1 unspecified atom stereocenters. The first-order valence-electron chi connectivity index (χ1n) is 7.99. The Hall–Kier alpha value is -1.40. The topological polar surface area (TPSA) is 90.0 Å². The number of carbonyl (C=O) groups is 1. The Labute approximate surface area is 124 Å². The standard InChI is InChI=1S/C15H24N4O2/c20-13(10-4-2-1-3-5-10)9-17-15(21)14-11-8-16-7-6-12(11)18-19-14/h10,13,16,20H,1-9H2,(H,17,21)(H,18,19). The van der Waals surface area contributed by atoms with Crippen molar-refractivity contribution in [2.24, 2.45) is 5.92 Å². The largest absolute Gasteiger partial charge is 0.391 e. The second kappa shape index (κ2) is 6.58. The van der Waals surface area contributed by atoms with Gasteiger partial charge in [0.15, 0.2) is 5.69 Å². The highest BCUT2D eigenvalue weighted by Gasteiger charge is 2.24. The molecule has 4 N–H and O–H groups in total. The smallest absolute Gasteiger partial charge is 0.272 e. The molecule has 1 aromatic rings. The van der Waals surface area contributed by atoms with Crippen LogP contribution in [0.1, 0.15) is 53.8 Å². The number of hydrogen-bond donors (Lipinski definition) is 4. The summed E-state index contributed by atoms with van der Waals surface area (Å²) in [6, 6.07) is 0. The fourth-order valence-corrected chi connectivity index (χ4v) is 3.38. The molecule has 6 heteroatoms. The lowest BCUT2D eigenvalue weighted by molar-refractivity contribution is 0.0735. The fourth-order valence-electron chi connectivity index (χ4n) is 3.38. The molecule has 0 bridgehead atoms. The number of aliphatic hydroxyl groups is 1. The Morgan fingerprint density at radius 1 is 1.38 bits per heavy atom. The molecule has 6 nitrogen and oxygen atoms in total. The van der Waals surface area contributed by atoms with E-state index in [2.05, 4.69) is 20.8 Å². The molecule has 2 heterocycles. The van der Waals surface area contributed by atoms with E-state index in [-0.39, 0.29) is 5.91 Å². The predicted molar refractivity (Wildman–Crippen MR) is 78.9 cm³/mol. The minimum atomic E-state index is -0.442. The third kappa shape index (κ3) is 3.27. The van der Waals surface area contributed by atoms with Gasteiger partial charge in [-0.3, -0.25) is 9.89 Å². The Morgan fingerprint density at radius 3 is 3.00 bits per heavy atom. The van der Waals surface area contributed by atoms with Crippen LogP contribution in [0.2, 0.25) is 0 Å². The molecule has 0 spiro atoms. The molecule has 1 amide bonds. The van der Waals surface area contributed by atoms with Crippen LogP contribution in [-0.2, 0) is 13.0 Å². The van der Waals surface area contributed by atoms with Crippen molar-refractivity contribution in [3.05, 3.63) is 17.0 Å². The number of aliphatic hydroxyl groups excluding tert-OH is 1. The summed E-state index contributed by atoms with van der Waals surface area (Å²) in [5.74, 6) is 0.139. The number of nitrogens with zero attached hydrogens (tertiary/aromatic N) is 1. The second-order valence-corrected chi connectivity index (χ2v) is 6.13. The van der Waals surface area contributed by atoms with Crippen molar-refractivity contribution < 1.29 is 9.90 Å². The molecule has 116 valence electrons. The Morgan fingerprint density at radius 2 is 2.19 bits per heavy atom. The molecule has 1 fully saturated rings. The van der Waals surface area contributed by atoms with E-state index < -0.39 is 6.10 Å². The van der Waals surface area contributed by atoms with E-state index in [4.69, 9.17) is 0 Å². The van der Waals surface area contributed by atoms with Gasteiger partial charge in [-0.2, -0.15) is 5.10 Å². The molecular weight excluding hydrogens is 268 g/mol. The summed E-state index contributed by atoms with van der Waals surface area (Å²) in [5, 5.41) is 23.4. The maximum atomic E-state index is 12.2. The molecule has 3 rings (SSSR count). The van der Waals surface area contributed by atoms with E-state index in [9.17, 15) is 9.90 Å². The highest BCUT2D eigenvalue weighted by Crippen LogP contribution is 2.26. The quantitative estimate of drug-likeness (QED) is 0.658. The van der Waals surface area contributed by atoms with Crippen molar-refractivity contribution >= 4 is 5.91 Å². The van der Waals surface area contributed by atoms with Crippen molar-refractivity contribution in [3.63, 3.8) is 0 Å². The number of carbonyl (C=O) groups excluding carboxylic acids is 1. The summed E-state index contributed by atoms with van der Waals surface area (Å²) in [6.07, 6.45) is 6.21. The number of rotatable bonds is 4. The highest BCUT2D eigenvalue weighted by molar-refractivity contribution is 5.94. The van der Waals surface area contributed by atoms with E-state index in [0.717, 1.165) is 37.1 Å². The number of fused-ring (bicyclic) bond motifs is 1. The van der Waals surface area contributed by atoms with Crippen LogP contribution in [-0.4, -0.2) is 40.4 Å². The summed E-state index contributed by atoms with van der Waals surface area (Å²) in [7, 11) is 0. The average molecular weight is 292 g/mol. The number of H-pyrrole nitrogens is 1. The third-order valence-corrected chi connectivity index (χ3v) is 4.69. The normalized spacial score (nSPS) is 20.8. The number of amides is 1. The molecule has 0 radical (unpaired) electrons. The van der Waals surface area contributed by atoms with Gasteiger partial charge in [0, 0.05) is 37.3 Å². The lowest BCUT2D eigenvalue weighted by Gasteiger charge is -2.26. The minimum Gasteiger partial charge on any atom is -0.391 e. The molecule has 1 saturated carbocycles. The molecule has 1 aliphatic heterocycles. The minimum absolute atomic E-state index is 0.189. The van der Waals surface area contributed by atoms with Crippen LogP contribution in [0.25, 0.3) is 0 Å². The van der Waals surface area contributed by atoms with Gasteiger partial charge < -0.3 is 15.7 Å². The summed E-state index contributed by atoms with van der Waals surface area (Å²) < 4.78 is 0. The van der Waals surface area contributed by atoms with Crippen LogP contribution >= 0.6 is 0 Å². The van der Waals surface area contributed by atoms with E-state index in [1.165, 1.54) is 19.3 Å². The van der Waals surface area contributed by atoms with Crippen LogP contribution in [0.3, 0.4) is 0 Å². The zero-order chi connectivity index (χ0) is 14.7. The van der Waals surface area contributed by atoms with E-state index in [1.807, 2.05) is 0 Å². The maximum Gasteiger partial charge on any atom is 0.272 e. The fraction of sp³-hybridized carbons (Fsp3) is 0.733. The summed E-state index contributed by atoms with van der Waals surface area (Å²) in [4.78, 5) is 12.2.